The minimum atomic E-state index is 0.221. The first kappa shape index (κ1) is 15.1. The Morgan fingerprint density at radius 2 is 1.81 bits per heavy atom. The molecule has 1 fully saturated rings. The minimum Gasteiger partial charge on any atom is -0.378 e. The number of thioether (sulfide) groups is 1. The molecular weight excluding hydrogens is 322 g/mol. The van der Waals surface area contributed by atoms with Gasteiger partial charge in [0.1, 0.15) is 0 Å². The maximum Gasteiger partial charge on any atom is 0.232 e. The average molecular weight is 340 g/mol. The fourth-order valence-corrected chi connectivity index (χ4v) is 5.01. The maximum absolute atomic E-state index is 12.3. The highest BCUT2D eigenvalue weighted by Crippen LogP contribution is 2.37. The van der Waals surface area contributed by atoms with Gasteiger partial charge in [-0.25, -0.2) is 0 Å². The van der Waals surface area contributed by atoms with Crippen LogP contribution in [0.5, 0.6) is 0 Å². The highest BCUT2D eigenvalue weighted by atomic mass is 32.2. The molecular formula is C15H17NO2S3. The van der Waals surface area contributed by atoms with Crippen molar-refractivity contribution < 1.29 is 9.53 Å². The van der Waals surface area contributed by atoms with Crippen molar-refractivity contribution >= 4 is 40.3 Å². The minimum absolute atomic E-state index is 0.221. The van der Waals surface area contributed by atoms with Crippen LogP contribution in [0, 0.1) is 0 Å². The van der Waals surface area contributed by atoms with Crippen LogP contribution < -0.4 is 0 Å². The summed E-state index contributed by atoms with van der Waals surface area (Å²) in [6, 6.07) is 4.30. The summed E-state index contributed by atoms with van der Waals surface area (Å²) in [6.45, 7) is 2.77. The van der Waals surface area contributed by atoms with Crippen LogP contribution in [0.1, 0.15) is 16.4 Å². The first-order chi connectivity index (χ1) is 10.3. The van der Waals surface area contributed by atoms with Gasteiger partial charge in [0.25, 0.3) is 0 Å². The molecule has 1 aliphatic heterocycles. The molecule has 2 aromatic rings. The molecule has 1 saturated heterocycles. The smallest absolute Gasteiger partial charge is 0.232 e. The molecule has 0 spiro atoms. The van der Waals surface area contributed by atoms with Crippen molar-refractivity contribution in [1.29, 1.82) is 0 Å². The topological polar surface area (TPSA) is 29.5 Å². The molecule has 0 aromatic carbocycles. The summed E-state index contributed by atoms with van der Waals surface area (Å²) in [7, 11) is 0. The zero-order valence-corrected chi connectivity index (χ0v) is 14.0. The highest BCUT2D eigenvalue weighted by molar-refractivity contribution is 8.00. The van der Waals surface area contributed by atoms with E-state index in [1.807, 2.05) is 4.90 Å². The lowest BCUT2D eigenvalue weighted by molar-refractivity contribution is -0.132. The molecule has 0 atom stereocenters. The van der Waals surface area contributed by atoms with Gasteiger partial charge in [-0.2, -0.15) is 22.7 Å². The van der Waals surface area contributed by atoms with Gasteiger partial charge >= 0.3 is 0 Å². The van der Waals surface area contributed by atoms with E-state index in [9.17, 15) is 4.79 Å². The van der Waals surface area contributed by atoms with E-state index in [2.05, 4.69) is 33.7 Å². The number of carbonyl (C=O) groups is 1. The van der Waals surface area contributed by atoms with Crippen LogP contribution >= 0.6 is 34.4 Å². The van der Waals surface area contributed by atoms with Crippen molar-refractivity contribution in [3.05, 3.63) is 44.8 Å². The lowest BCUT2D eigenvalue weighted by Gasteiger charge is -2.27. The number of carbonyl (C=O) groups excluding carboxylic acids is 1. The third-order valence-corrected chi connectivity index (χ3v) is 6.12. The van der Waals surface area contributed by atoms with Gasteiger partial charge < -0.3 is 9.64 Å². The Balaban J connectivity index is 1.64. The monoisotopic (exact) mass is 339 g/mol. The van der Waals surface area contributed by atoms with Gasteiger partial charge in [-0.15, -0.1) is 11.8 Å². The van der Waals surface area contributed by atoms with Crippen LogP contribution in [-0.2, 0) is 9.53 Å². The molecule has 3 heterocycles. The molecule has 3 nitrogen and oxygen atoms in total. The van der Waals surface area contributed by atoms with Crippen molar-refractivity contribution in [2.24, 2.45) is 0 Å². The zero-order valence-electron chi connectivity index (χ0n) is 11.6. The number of thiophene rings is 2. The molecule has 0 N–H and O–H groups in total. The number of hydrogen-bond donors (Lipinski definition) is 0. The zero-order chi connectivity index (χ0) is 14.5. The number of nitrogens with zero attached hydrogens (tertiary/aromatic N) is 1. The Labute approximate surface area is 136 Å². The number of rotatable bonds is 5. The summed E-state index contributed by atoms with van der Waals surface area (Å²) < 4.78 is 5.30. The summed E-state index contributed by atoms with van der Waals surface area (Å²) in [4.78, 5) is 14.2. The Morgan fingerprint density at radius 1 is 1.19 bits per heavy atom. The fraction of sp³-hybridized carbons (Fsp3) is 0.400. The normalized spacial score (nSPS) is 15.6. The summed E-state index contributed by atoms with van der Waals surface area (Å²) >= 11 is 5.13. The van der Waals surface area contributed by atoms with Crippen LogP contribution in [0.15, 0.2) is 33.7 Å². The second kappa shape index (κ2) is 7.45. The van der Waals surface area contributed by atoms with Crippen molar-refractivity contribution in [2.45, 2.75) is 5.25 Å². The van der Waals surface area contributed by atoms with Gasteiger partial charge in [0.15, 0.2) is 0 Å². The van der Waals surface area contributed by atoms with Crippen molar-refractivity contribution in [2.75, 3.05) is 32.1 Å². The van der Waals surface area contributed by atoms with Crippen LogP contribution in [0.2, 0.25) is 0 Å². The first-order valence-electron chi connectivity index (χ1n) is 6.86. The van der Waals surface area contributed by atoms with E-state index in [0.717, 1.165) is 13.1 Å². The molecule has 0 bridgehead atoms. The second-order valence-corrected chi connectivity index (χ2v) is 7.45. The molecule has 0 aliphatic carbocycles. The van der Waals surface area contributed by atoms with E-state index in [0.29, 0.717) is 19.0 Å². The number of amides is 1. The molecule has 1 aliphatic rings. The average Bonchev–Trinajstić information content (AvgIpc) is 3.22. The van der Waals surface area contributed by atoms with Crippen LogP contribution in [0.25, 0.3) is 0 Å². The van der Waals surface area contributed by atoms with E-state index < -0.39 is 0 Å². The van der Waals surface area contributed by atoms with Crippen molar-refractivity contribution in [1.82, 2.24) is 4.90 Å². The van der Waals surface area contributed by atoms with Crippen LogP contribution in [-0.4, -0.2) is 42.9 Å². The van der Waals surface area contributed by atoms with Gasteiger partial charge in [-0.1, -0.05) is 0 Å². The molecule has 112 valence electrons. The van der Waals surface area contributed by atoms with Crippen molar-refractivity contribution in [3.63, 3.8) is 0 Å². The fourth-order valence-electron chi connectivity index (χ4n) is 2.29. The predicted octanol–water partition coefficient (Wildman–Crippen LogP) is 3.49. The molecule has 2 aromatic heterocycles. The molecule has 0 unspecified atom stereocenters. The summed E-state index contributed by atoms with van der Waals surface area (Å²) in [6.07, 6.45) is 0. The van der Waals surface area contributed by atoms with Crippen LogP contribution in [0.3, 0.4) is 0 Å². The van der Waals surface area contributed by atoms with E-state index in [1.165, 1.54) is 11.1 Å². The van der Waals surface area contributed by atoms with Gasteiger partial charge in [0.2, 0.25) is 5.91 Å². The van der Waals surface area contributed by atoms with Crippen molar-refractivity contribution in [3.8, 4) is 0 Å². The molecule has 0 radical (unpaired) electrons. The molecule has 21 heavy (non-hydrogen) atoms. The highest BCUT2D eigenvalue weighted by Gasteiger charge is 2.21. The Bertz CT molecular complexity index is 513. The SMILES string of the molecule is O=C(CSC(c1ccsc1)c1ccsc1)N1CCOCC1. The largest absolute Gasteiger partial charge is 0.378 e. The first-order valence-corrected chi connectivity index (χ1v) is 9.79. The van der Waals surface area contributed by atoms with Gasteiger partial charge in [0.05, 0.1) is 24.2 Å². The predicted molar refractivity (Wildman–Crippen MR) is 90.3 cm³/mol. The van der Waals surface area contributed by atoms with Gasteiger partial charge in [0, 0.05) is 13.1 Å². The van der Waals surface area contributed by atoms with E-state index in [-0.39, 0.29) is 11.2 Å². The number of ether oxygens (including phenoxy) is 1. The third-order valence-electron chi connectivity index (χ3n) is 3.43. The number of morpholine rings is 1. The Kier molecular flexibility index (Phi) is 5.35. The summed E-state index contributed by atoms with van der Waals surface area (Å²) in [5, 5.41) is 8.80. The Morgan fingerprint density at radius 3 is 2.33 bits per heavy atom. The van der Waals surface area contributed by atoms with E-state index in [4.69, 9.17) is 4.74 Å². The lowest BCUT2D eigenvalue weighted by atomic mass is 10.1. The van der Waals surface area contributed by atoms with E-state index in [1.54, 1.807) is 34.4 Å². The van der Waals surface area contributed by atoms with Crippen LogP contribution in [0.4, 0.5) is 0 Å². The van der Waals surface area contributed by atoms with Gasteiger partial charge in [-0.3, -0.25) is 4.79 Å². The van der Waals surface area contributed by atoms with E-state index >= 15 is 0 Å². The standard InChI is InChI=1S/C15H17NO2S3/c17-14(16-3-5-18-6-4-16)11-21-15(12-1-7-19-9-12)13-2-8-20-10-13/h1-2,7-10,15H,3-6,11H2. The molecule has 6 heteroatoms. The third kappa shape index (κ3) is 3.88. The Hall–Kier alpha value is -0.820. The van der Waals surface area contributed by atoms with Gasteiger partial charge in [-0.05, 0) is 44.8 Å². The quantitative estimate of drug-likeness (QED) is 0.835. The second-order valence-electron chi connectivity index (χ2n) is 4.80. The molecule has 0 saturated carbocycles. The lowest BCUT2D eigenvalue weighted by Crippen LogP contribution is -2.41. The molecule has 1 amide bonds. The summed E-state index contributed by atoms with van der Waals surface area (Å²) in [5.74, 6) is 0.745. The summed E-state index contributed by atoms with van der Waals surface area (Å²) in [5.41, 5.74) is 2.58. The number of hydrogen-bond acceptors (Lipinski definition) is 5. The molecule has 3 rings (SSSR count). The maximum atomic E-state index is 12.3.